The molecule has 1 aromatic heterocycles. The minimum atomic E-state index is -0.858. The Hall–Kier alpha value is -2.61. The third kappa shape index (κ3) is 2.55. The van der Waals surface area contributed by atoms with Gasteiger partial charge in [-0.15, -0.1) is 0 Å². The highest BCUT2D eigenvalue weighted by Gasteiger charge is 2.20. The van der Waals surface area contributed by atoms with E-state index in [-0.39, 0.29) is 0 Å². The molecule has 0 fully saturated rings. The maximum absolute atomic E-state index is 11.9. The summed E-state index contributed by atoms with van der Waals surface area (Å²) >= 11 is 0. The van der Waals surface area contributed by atoms with Crippen molar-refractivity contribution >= 4 is 11.7 Å². The molecule has 90 valence electrons. The number of aryl methyl sites for hydroxylation is 1. The molecule has 0 aliphatic carbocycles. The molecule has 1 aromatic carbocycles. The summed E-state index contributed by atoms with van der Waals surface area (Å²) in [6.45, 7) is 1.72. The van der Waals surface area contributed by atoms with E-state index in [2.05, 4.69) is 10.5 Å². The average Bonchev–Trinajstić information content (AvgIpc) is 2.77. The van der Waals surface area contributed by atoms with Crippen LogP contribution in [0.5, 0.6) is 0 Å². The van der Waals surface area contributed by atoms with E-state index in [0.29, 0.717) is 17.1 Å². The lowest BCUT2D eigenvalue weighted by atomic mass is 10.00. The molecule has 0 aliphatic heterocycles. The third-order valence-corrected chi connectivity index (χ3v) is 2.40. The fourth-order valence-electron chi connectivity index (χ4n) is 1.55. The second-order valence-corrected chi connectivity index (χ2v) is 3.78. The van der Waals surface area contributed by atoms with E-state index in [9.17, 15) is 4.79 Å². The van der Waals surface area contributed by atoms with E-state index in [0.717, 1.165) is 0 Å². The van der Waals surface area contributed by atoms with E-state index in [1.54, 1.807) is 37.3 Å². The van der Waals surface area contributed by atoms with E-state index >= 15 is 0 Å². The van der Waals surface area contributed by atoms with Crippen molar-refractivity contribution in [1.29, 1.82) is 5.26 Å². The van der Waals surface area contributed by atoms with Crippen LogP contribution >= 0.6 is 0 Å². The number of carbonyl (C=O) groups is 1. The Morgan fingerprint density at radius 3 is 2.72 bits per heavy atom. The number of aromatic nitrogens is 1. The van der Waals surface area contributed by atoms with Crippen LogP contribution in [0, 0.1) is 18.3 Å². The average molecular weight is 241 g/mol. The standard InChI is InChI=1S/C13H11N3O2/c1-9-7-12(16-18-9)15-13(17)11(8-14)10-5-3-2-4-6-10/h2-7,11H,1H3,(H,15,16,17). The molecule has 5 heteroatoms. The number of benzene rings is 1. The Bertz CT molecular complexity index is 584. The monoisotopic (exact) mass is 241 g/mol. The van der Waals surface area contributed by atoms with E-state index < -0.39 is 11.8 Å². The van der Waals surface area contributed by atoms with Crippen LogP contribution in [0.25, 0.3) is 0 Å². The summed E-state index contributed by atoms with van der Waals surface area (Å²) in [6.07, 6.45) is 0. The van der Waals surface area contributed by atoms with E-state index in [1.165, 1.54) is 0 Å². The predicted molar refractivity (Wildman–Crippen MR) is 64.7 cm³/mol. The zero-order chi connectivity index (χ0) is 13.0. The Balaban J connectivity index is 2.15. The number of nitrogens with zero attached hydrogens (tertiary/aromatic N) is 2. The molecule has 0 aliphatic rings. The highest BCUT2D eigenvalue weighted by atomic mass is 16.5. The van der Waals surface area contributed by atoms with Crippen LogP contribution in [0.2, 0.25) is 0 Å². The molecule has 18 heavy (non-hydrogen) atoms. The van der Waals surface area contributed by atoms with Crippen molar-refractivity contribution in [2.75, 3.05) is 5.32 Å². The first-order chi connectivity index (χ1) is 8.70. The van der Waals surface area contributed by atoms with Crippen LogP contribution in [0.3, 0.4) is 0 Å². The summed E-state index contributed by atoms with van der Waals surface area (Å²) < 4.78 is 4.84. The molecule has 1 amide bonds. The van der Waals surface area contributed by atoms with Gasteiger partial charge in [-0.25, -0.2) is 0 Å². The number of hydrogen-bond donors (Lipinski definition) is 1. The van der Waals surface area contributed by atoms with Gasteiger partial charge in [0.05, 0.1) is 6.07 Å². The molecule has 1 unspecified atom stereocenters. The van der Waals surface area contributed by atoms with Crippen LogP contribution in [-0.4, -0.2) is 11.1 Å². The largest absolute Gasteiger partial charge is 0.360 e. The Morgan fingerprint density at radius 2 is 2.17 bits per heavy atom. The quantitative estimate of drug-likeness (QED) is 0.893. The number of nitriles is 1. The van der Waals surface area contributed by atoms with Gasteiger partial charge in [0.15, 0.2) is 11.7 Å². The van der Waals surface area contributed by atoms with Gasteiger partial charge in [0.2, 0.25) is 5.91 Å². The molecule has 5 nitrogen and oxygen atoms in total. The fraction of sp³-hybridized carbons (Fsp3) is 0.154. The van der Waals surface area contributed by atoms with Crippen molar-refractivity contribution in [3.05, 3.63) is 47.7 Å². The highest BCUT2D eigenvalue weighted by Crippen LogP contribution is 2.17. The van der Waals surface area contributed by atoms with Crippen molar-refractivity contribution in [1.82, 2.24) is 5.16 Å². The molecule has 2 aromatic rings. The second-order valence-electron chi connectivity index (χ2n) is 3.78. The maximum atomic E-state index is 11.9. The van der Waals surface area contributed by atoms with Crippen molar-refractivity contribution < 1.29 is 9.32 Å². The predicted octanol–water partition coefficient (Wildman–Crippen LogP) is 2.23. The van der Waals surface area contributed by atoms with E-state index in [4.69, 9.17) is 9.78 Å². The van der Waals surface area contributed by atoms with Crippen LogP contribution in [0.15, 0.2) is 40.9 Å². The number of hydrogen-bond acceptors (Lipinski definition) is 4. The topological polar surface area (TPSA) is 78.9 Å². The molecule has 0 spiro atoms. The van der Waals surface area contributed by atoms with Crippen molar-refractivity contribution in [3.63, 3.8) is 0 Å². The molecule has 0 bridgehead atoms. The molecule has 2 rings (SSSR count). The van der Waals surface area contributed by atoms with Crippen molar-refractivity contribution in [3.8, 4) is 6.07 Å². The van der Waals surface area contributed by atoms with Crippen molar-refractivity contribution in [2.45, 2.75) is 12.8 Å². The lowest BCUT2D eigenvalue weighted by Gasteiger charge is -2.08. The Morgan fingerprint density at radius 1 is 1.44 bits per heavy atom. The lowest BCUT2D eigenvalue weighted by Crippen LogP contribution is -2.20. The van der Waals surface area contributed by atoms with Crippen LogP contribution in [-0.2, 0) is 4.79 Å². The number of amides is 1. The van der Waals surface area contributed by atoms with Gasteiger partial charge in [0.1, 0.15) is 5.76 Å². The number of rotatable bonds is 3. The molecule has 1 heterocycles. The summed E-state index contributed by atoms with van der Waals surface area (Å²) in [5, 5.41) is 15.3. The number of carbonyl (C=O) groups excluding carboxylic acids is 1. The summed E-state index contributed by atoms with van der Waals surface area (Å²) in [5.74, 6) is -0.368. The Labute approximate surface area is 104 Å². The minimum absolute atomic E-state index is 0.314. The smallest absolute Gasteiger partial charge is 0.247 e. The lowest BCUT2D eigenvalue weighted by molar-refractivity contribution is -0.116. The molecule has 0 radical (unpaired) electrons. The van der Waals surface area contributed by atoms with Gasteiger partial charge < -0.3 is 9.84 Å². The first-order valence-corrected chi connectivity index (χ1v) is 5.39. The van der Waals surface area contributed by atoms with Crippen LogP contribution in [0.4, 0.5) is 5.82 Å². The van der Waals surface area contributed by atoms with Gasteiger partial charge in [-0.3, -0.25) is 4.79 Å². The fourth-order valence-corrected chi connectivity index (χ4v) is 1.55. The summed E-state index contributed by atoms with van der Waals surface area (Å²) in [4.78, 5) is 11.9. The van der Waals surface area contributed by atoms with Gasteiger partial charge in [0, 0.05) is 6.07 Å². The first kappa shape index (κ1) is 11.9. The number of anilines is 1. The van der Waals surface area contributed by atoms with Gasteiger partial charge in [-0.05, 0) is 12.5 Å². The third-order valence-electron chi connectivity index (χ3n) is 2.40. The minimum Gasteiger partial charge on any atom is -0.360 e. The number of nitrogens with one attached hydrogen (secondary N) is 1. The van der Waals surface area contributed by atoms with Gasteiger partial charge in [-0.1, -0.05) is 35.5 Å². The summed E-state index contributed by atoms with van der Waals surface area (Å²) in [7, 11) is 0. The van der Waals surface area contributed by atoms with Crippen LogP contribution in [0.1, 0.15) is 17.2 Å². The van der Waals surface area contributed by atoms with Crippen LogP contribution < -0.4 is 5.32 Å². The first-order valence-electron chi connectivity index (χ1n) is 5.39. The SMILES string of the molecule is Cc1cc(NC(=O)C(C#N)c2ccccc2)no1. The van der Waals surface area contributed by atoms with E-state index in [1.807, 2.05) is 12.1 Å². The summed E-state index contributed by atoms with van der Waals surface area (Å²) in [5.41, 5.74) is 0.651. The normalized spacial score (nSPS) is 11.6. The molecule has 0 saturated heterocycles. The molecular weight excluding hydrogens is 230 g/mol. The maximum Gasteiger partial charge on any atom is 0.247 e. The zero-order valence-electron chi connectivity index (χ0n) is 9.75. The molecular formula is C13H11N3O2. The molecule has 1 atom stereocenters. The second kappa shape index (κ2) is 5.15. The molecule has 0 saturated carbocycles. The summed E-state index contributed by atoms with van der Waals surface area (Å²) in [6, 6.07) is 12.4. The van der Waals surface area contributed by atoms with Gasteiger partial charge >= 0.3 is 0 Å². The van der Waals surface area contributed by atoms with Gasteiger partial charge in [0.25, 0.3) is 0 Å². The van der Waals surface area contributed by atoms with Crippen molar-refractivity contribution in [2.24, 2.45) is 0 Å². The zero-order valence-corrected chi connectivity index (χ0v) is 9.75. The Kier molecular flexibility index (Phi) is 3.39. The molecule has 1 N–H and O–H groups in total. The van der Waals surface area contributed by atoms with Gasteiger partial charge in [-0.2, -0.15) is 5.26 Å². The highest BCUT2D eigenvalue weighted by molar-refractivity contribution is 5.97.